The summed E-state index contributed by atoms with van der Waals surface area (Å²) in [6.45, 7) is 7.79. The number of amides is 4. The molecule has 1 N–H and O–H groups in total. The van der Waals surface area contributed by atoms with Crippen molar-refractivity contribution in [1.82, 2.24) is 14.7 Å². The number of phenolic OH excluding ortho intramolecular Hbond substituents is 1. The Bertz CT molecular complexity index is 2150. The number of hydrogen-bond acceptors (Lipinski definition) is 7. The standard InChI is InChI=1S/C37H35ClN4O5S/c1-6-41-33(44)22-10-9-21-24(30(22)35(41)46)15-25-34(45)42(36(47)37(25,4)31(21)19-7-11-27(43)17(2)13-19)29-16-26(39-40(29)5)32-18(3)23-14-20(38)8-12-28(23)48-32/h7-9,11-14,16,22,24-25,30-31,43H,6,10,15H2,1-5H3/t22-,24+,25-,30-,31-,37+/m0/s1. The van der Waals surface area contributed by atoms with Gasteiger partial charge < -0.3 is 5.11 Å². The first kappa shape index (κ1) is 31.0. The summed E-state index contributed by atoms with van der Waals surface area (Å²) in [7, 11) is 1.74. The van der Waals surface area contributed by atoms with E-state index in [0.717, 1.165) is 31.7 Å². The van der Waals surface area contributed by atoms with Crippen molar-refractivity contribution in [2.75, 3.05) is 11.4 Å². The van der Waals surface area contributed by atoms with E-state index in [9.17, 15) is 24.3 Å². The molecule has 0 radical (unpaired) electrons. The summed E-state index contributed by atoms with van der Waals surface area (Å²) in [6, 6.07) is 12.9. The molecule has 0 unspecified atom stereocenters. The fourth-order valence-corrected chi connectivity index (χ4v) is 10.4. The maximum absolute atomic E-state index is 14.9. The van der Waals surface area contributed by atoms with Crippen LogP contribution in [0.4, 0.5) is 5.82 Å². The zero-order valence-corrected chi connectivity index (χ0v) is 28.9. The second kappa shape index (κ2) is 10.6. The van der Waals surface area contributed by atoms with Crippen LogP contribution in [0.5, 0.6) is 5.75 Å². The van der Waals surface area contributed by atoms with Crippen LogP contribution >= 0.6 is 22.9 Å². The quantitative estimate of drug-likeness (QED) is 0.194. The number of anilines is 1. The van der Waals surface area contributed by atoms with Gasteiger partial charge in [-0.05, 0) is 92.8 Å². The average Bonchev–Trinajstić information content (AvgIpc) is 3.72. The Morgan fingerprint density at radius 3 is 2.52 bits per heavy atom. The van der Waals surface area contributed by atoms with Crippen molar-refractivity contribution in [3.05, 3.63) is 75.8 Å². The number of aromatic nitrogens is 2. The molecule has 0 bridgehead atoms. The molecule has 1 saturated carbocycles. The lowest BCUT2D eigenvalue weighted by Gasteiger charge is -2.49. The van der Waals surface area contributed by atoms with Crippen LogP contribution in [-0.2, 0) is 26.2 Å². The number of hydrogen-bond donors (Lipinski definition) is 1. The highest BCUT2D eigenvalue weighted by Crippen LogP contribution is 2.63. The number of aromatic hydroxyl groups is 1. The van der Waals surface area contributed by atoms with E-state index in [-0.39, 0.29) is 41.7 Å². The van der Waals surface area contributed by atoms with Crippen LogP contribution in [0.2, 0.25) is 5.02 Å². The van der Waals surface area contributed by atoms with E-state index in [2.05, 4.69) is 0 Å². The number of carbonyl (C=O) groups excluding carboxylic acids is 4. The molecule has 4 heterocycles. The summed E-state index contributed by atoms with van der Waals surface area (Å²) in [6.07, 6.45) is 2.74. The molecule has 9 nitrogen and oxygen atoms in total. The molecule has 8 rings (SSSR count). The Morgan fingerprint density at radius 1 is 1.02 bits per heavy atom. The van der Waals surface area contributed by atoms with E-state index in [1.54, 1.807) is 49.0 Å². The molecule has 2 aliphatic heterocycles. The van der Waals surface area contributed by atoms with Gasteiger partial charge in [-0.3, -0.25) is 28.8 Å². The number of benzene rings is 2. The summed E-state index contributed by atoms with van der Waals surface area (Å²) in [5.41, 5.74) is 2.87. The molecule has 2 aliphatic carbocycles. The maximum Gasteiger partial charge on any atom is 0.242 e. The van der Waals surface area contributed by atoms with Gasteiger partial charge >= 0.3 is 0 Å². The maximum atomic E-state index is 14.9. The summed E-state index contributed by atoms with van der Waals surface area (Å²) >= 11 is 7.87. The molecule has 0 spiro atoms. The number of aryl methyl sites for hydroxylation is 3. The third-order valence-electron chi connectivity index (χ3n) is 11.5. The highest BCUT2D eigenvalue weighted by Gasteiger charge is 2.67. The first-order valence-electron chi connectivity index (χ1n) is 16.3. The van der Waals surface area contributed by atoms with Gasteiger partial charge in [-0.15, -0.1) is 11.3 Å². The van der Waals surface area contributed by atoms with Crippen LogP contribution in [0, 0.1) is 42.9 Å². The van der Waals surface area contributed by atoms with Crippen LogP contribution < -0.4 is 4.90 Å². The van der Waals surface area contributed by atoms with Gasteiger partial charge in [0.05, 0.1) is 28.0 Å². The first-order valence-corrected chi connectivity index (χ1v) is 17.5. The summed E-state index contributed by atoms with van der Waals surface area (Å²) in [4.78, 5) is 60.2. The number of likely N-dealkylation sites (tertiary alicyclic amines) is 1. The lowest BCUT2D eigenvalue weighted by atomic mass is 9.51. The fraction of sp³-hybridized carbons (Fsp3) is 0.378. The first-order chi connectivity index (χ1) is 22.9. The van der Waals surface area contributed by atoms with E-state index in [4.69, 9.17) is 16.7 Å². The van der Waals surface area contributed by atoms with Crippen molar-refractivity contribution < 1.29 is 24.3 Å². The van der Waals surface area contributed by atoms with Crippen molar-refractivity contribution in [3.8, 4) is 16.3 Å². The second-order valence-corrected chi connectivity index (χ2v) is 15.3. The summed E-state index contributed by atoms with van der Waals surface area (Å²) in [5.74, 6) is -3.20. The molecule has 246 valence electrons. The van der Waals surface area contributed by atoms with Gasteiger partial charge in [0.15, 0.2) is 0 Å². The van der Waals surface area contributed by atoms with E-state index in [0.29, 0.717) is 35.1 Å². The van der Waals surface area contributed by atoms with E-state index < -0.39 is 29.1 Å². The summed E-state index contributed by atoms with van der Waals surface area (Å²) < 4.78 is 2.65. The Kier molecular flexibility index (Phi) is 6.85. The lowest BCUT2D eigenvalue weighted by molar-refractivity contribution is -0.140. The molecule has 6 atom stereocenters. The molecule has 4 aromatic rings. The Labute approximate surface area is 286 Å². The number of carbonyl (C=O) groups is 4. The Hall–Kier alpha value is -4.28. The SMILES string of the molecule is CCN1C(=O)[C@H]2[C@H](CC=C3[C@H]2C[C@H]2C(=O)N(c4cc(-c5sc6ccc(Cl)cc6c5C)nn4C)C(=O)[C@@]2(C)[C@H]3c2ccc(O)c(C)c2)C1=O. The molecule has 4 amide bonds. The lowest BCUT2D eigenvalue weighted by Crippen LogP contribution is -2.48. The fourth-order valence-electron chi connectivity index (χ4n) is 9.06. The molecule has 48 heavy (non-hydrogen) atoms. The minimum absolute atomic E-state index is 0.136. The smallest absolute Gasteiger partial charge is 0.242 e. The van der Waals surface area contributed by atoms with Gasteiger partial charge in [0.1, 0.15) is 17.3 Å². The topological polar surface area (TPSA) is 113 Å². The molecule has 2 aromatic carbocycles. The van der Waals surface area contributed by atoms with Crippen LogP contribution in [0.1, 0.15) is 49.3 Å². The average molecular weight is 683 g/mol. The molecule has 3 fully saturated rings. The third kappa shape index (κ3) is 4.05. The van der Waals surface area contributed by atoms with Crippen LogP contribution in [0.25, 0.3) is 20.7 Å². The van der Waals surface area contributed by atoms with Crippen molar-refractivity contribution in [3.63, 3.8) is 0 Å². The zero-order chi connectivity index (χ0) is 34.0. The molecule has 4 aliphatic rings. The van der Waals surface area contributed by atoms with Crippen molar-refractivity contribution in [2.45, 2.75) is 46.5 Å². The number of halogens is 1. The zero-order valence-electron chi connectivity index (χ0n) is 27.3. The van der Waals surface area contributed by atoms with E-state index >= 15 is 0 Å². The van der Waals surface area contributed by atoms with Gasteiger partial charge in [0.25, 0.3) is 0 Å². The van der Waals surface area contributed by atoms with E-state index in [1.807, 2.05) is 50.3 Å². The summed E-state index contributed by atoms with van der Waals surface area (Å²) in [5, 5.41) is 16.9. The predicted octanol–water partition coefficient (Wildman–Crippen LogP) is 6.53. The van der Waals surface area contributed by atoms with Gasteiger partial charge in [0, 0.05) is 35.3 Å². The molecular weight excluding hydrogens is 648 g/mol. The number of imide groups is 2. The largest absolute Gasteiger partial charge is 0.508 e. The molecule has 11 heteroatoms. The normalized spacial score (nSPS) is 28.3. The van der Waals surface area contributed by atoms with Gasteiger partial charge in [0.2, 0.25) is 23.6 Å². The van der Waals surface area contributed by atoms with Gasteiger partial charge in [-0.1, -0.05) is 35.4 Å². The molecule has 2 aromatic heterocycles. The second-order valence-electron chi connectivity index (χ2n) is 13.8. The van der Waals surface area contributed by atoms with E-state index in [1.165, 1.54) is 9.80 Å². The monoisotopic (exact) mass is 682 g/mol. The Balaban J connectivity index is 1.26. The van der Waals surface area contributed by atoms with Crippen molar-refractivity contribution >= 4 is 62.5 Å². The highest BCUT2D eigenvalue weighted by molar-refractivity contribution is 7.22. The highest BCUT2D eigenvalue weighted by atomic mass is 35.5. The van der Waals surface area contributed by atoms with Crippen LogP contribution in [-0.4, -0.2) is 50.0 Å². The number of rotatable bonds is 4. The van der Waals surface area contributed by atoms with Crippen LogP contribution in [0.3, 0.4) is 0 Å². The van der Waals surface area contributed by atoms with Crippen molar-refractivity contribution in [1.29, 1.82) is 0 Å². The van der Waals surface area contributed by atoms with Gasteiger partial charge in [-0.25, -0.2) is 4.90 Å². The number of nitrogens with zero attached hydrogens (tertiary/aromatic N) is 4. The van der Waals surface area contributed by atoms with Gasteiger partial charge in [-0.2, -0.15) is 5.10 Å². The Morgan fingerprint density at radius 2 is 1.79 bits per heavy atom. The minimum Gasteiger partial charge on any atom is -0.508 e. The third-order valence-corrected chi connectivity index (χ3v) is 13.0. The number of allylic oxidation sites excluding steroid dienone is 2. The molecule has 2 saturated heterocycles. The number of fused-ring (bicyclic) bond motifs is 5. The minimum atomic E-state index is -1.18. The van der Waals surface area contributed by atoms with Crippen molar-refractivity contribution in [2.24, 2.45) is 36.1 Å². The predicted molar refractivity (Wildman–Crippen MR) is 184 cm³/mol. The molecular formula is C37H35ClN4O5S. The van der Waals surface area contributed by atoms with Crippen LogP contribution in [0.15, 0.2) is 54.1 Å². The number of phenols is 1. The number of thiophene rings is 1.